The largest absolute Gasteiger partial charge is 0.496 e. The van der Waals surface area contributed by atoms with E-state index < -0.39 is 11.4 Å². The van der Waals surface area contributed by atoms with Crippen LogP contribution in [0.25, 0.3) is 10.8 Å². The van der Waals surface area contributed by atoms with E-state index in [1.807, 2.05) is 36.4 Å². The molecule has 0 saturated heterocycles. The summed E-state index contributed by atoms with van der Waals surface area (Å²) in [5, 5.41) is 11.5. The number of rotatable bonds is 3. The van der Waals surface area contributed by atoms with Crippen LogP contribution >= 0.6 is 0 Å². The normalized spacial score (nSPS) is 16.5. The lowest BCUT2D eigenvalue weighted by molar-refractivity contribution is -0.140. The molecule has 3 heteroatoms. The van der Waals surface area contributed by atoms with Crippen LogP contribution in [-0.4, -0.2) is 18.2 Å². The van der Waals surface area contributed by atoms with E-state index in [0.717, 1.165) is 16.3 Å². The number of methoxy groups -OCH3 is 1. The van der Waals surface area contributed by atoms with Crippen molar-refractivity contribution in [1.29, 1.82) is 0 Å². The molecule has 1 aliphatic carbocycles. The molecule has 0 aromatic heterocycles. The molecule has 0 bridgehead atoms. The van der Waals surface area contributed by atoms with Crippen LogP contribution in [0.1, 0.15) is 18.4 Å². The molecule has 0 atom stereocenters. The van der Waals surface area contributed by atoms with E-state index >= 15 is 0 Å². The number of ether oxygens (including phenoxy) is 1. The number of carbonyl (C=O) groups is 1. The monoisotopic (exact) mass is 242 g/mol. The first-order valence-corrected chi connectivity index (χ1v) is 5.99. The quantitative estimate of drug-likeness (QED) is 0.900. The summed E-state index contributed by atoms with van der Waals surface area (Å²) in [7, 11) is 1.59. The smallest absolute Gasteiger partial charge is 0.314 e. The molecule has 1 N–H and O–H groups in total. The third-order valence-corrected chi connectivity index (χ3v) is 3.75. The van der Waals surface area contributed by atoms with Crippen molar-refractivity contribution in [1.82, 2.24) is 0 Å². The second-order valence-corrected chi connectivity index (χ2v) is 4.75. The van der Waals surface area contributed by atoms with Crippen molar-refractivity contribution >= 4 is 16.7 Å². The maximum absolute atomic E-state index is 11.5. The van der Waals surface area contributed by atoms with E-state index in [9.17, 15) is 9.90 Å². The molecule has 92 valence electrons. The molecule has 1 aliphatic rings. The van der Waals surface area contributed by atoms with Gasteiger partial charge in [0.25, 0.3) is 0 Å². The Bertz CT molecular complexity index is 627. The van der Waals surface area contributed by atoms with Crippen LogP contribution in [0, 0.1) is 0 Å². The van der Waals surface area contributed by atoms with E-state index in [1.165, 1.54) is 0 Å². The van der Waals surface area contributed by atoms with Gasteiger partial charge < -0.3 is 9.84 Å². The molecule has 18 heavy (non-hydrogen) atoms. The summed E-state index contributed by atoms with van der Waals surface area (Å²) in [5.74, 6) is -0.0780. The Hall–Kier alpha value is -2.03. The molecule has 0 heterocycles. The minimum absolute atomic E-state index is 0.675. The maximum Gasteiger partial charge on any atom is 0.314 e. The topological polar surface area (TPSA) is 46.5 Å². The summed E-state index contributed by atoms with van der Waals surface area (Å²) >= 11 is 0. The Morgan fingerprint density at radius 3 is 2.56 bits per heavy atom. The zero-order chi connectivity index (χ0) is 12.8. The first kappa shape index (κ1) is 11.1. The van der Waals surface area contributed by atoms with Gasteiger partial charge in [0.2, 0.25) is 0 Å². The molecule has 0 spiro atoms. The van der Waals surface area contributed by atoms with Crippen molar-refractivity contribution in [2.24, 2.45) is 0 Å². The third kappa shape index (κ3) is 1.40. The summed E-state index contributed by atoms with van der Waals surface area (Å²) in [4.78, 5) is 11.5. The zero-order valence-corrected chi connectivity index (χ0v) is 10.1. The zero-order valence-electron chi connectivity index (χ0n) is 10.1. The van der Waals surface area contributed by atoms with Gasteiger partial charge in [-0.25, -0.2) is 0 Å². The molecule has 2 aromatic carbocycles. The predicted molar refractivity (Wildman–Crippen MR) is 69.0 cm³/mol. The molecule has 2 aromatic rings. The fourth-order valence-corrected chi connectivity index (χ4v) is 2.61. The van der Waals surface area contributed by atoms with Crippen molar-refractivity contribution in [3.05, 3.63) is 42.0 Å². The minimum Gasteiger partial charge on any atom is -0.496 e. The molecule has 3 rings (SSSR count). The van der Waals surface area contributed by atoms with Gasteiger partial charge in [-0.3, -0.25) is 4.79 Å². The Balaban J connectivity index is 2.35. The van der Waals surface area contributed by atoms with E-state index in [1.54, 1.807) is 7.11 Å². The van der Waals surface area contributed by atoms with Crippen molar-refractivity contribution in [3.63, 3.8) is 0 Å². The molecule has 0 amide bonds. The fourth-order valence-electron chi connectivity index (χ4n) is 2.61. The Morgan fingerprint density at radius 2 is 1.94 bits per heavy atom. The van der Waals surface area contributed by atoms with Gasteiger partial charge in [-0.05, 0) is 29.7 Å². The van der Waals surface area contributed by atoms with Crippen LogP contribution < -0.4 is 4.74 Å². The summed E-state index contributed by atoms with van der Waals surface area (Å²) in [6, 6.07) is 11.7. The van der Waals surface area contributed by atoms with Crippen LogP contribution in [0.3, 0.4) is 0 Å². The minimum atomic E-state index is -0.753. The highest BCUT2D eigenvalue weighted by atomic mass is 16.5. The summed E-state index contributed by atoms with van der Waals surface area (Å²) in [6.07, 6.45) is 1.37. The second kappa shape index (κ2) is 3.73. The molecule has 0 aliphatic heterocycles. The van der Waals surface area contributed by atoms with Crippen LogP contribution in [0.5, 0.6) is 5.75 Å². The Labute approximate surface area is 105 Å². The van der Waals surface area contributed by atoms with Gasteiger partial charge in [0, 0.05) is 5.56 Å². The molecule has 1 fully saturated rings. The molecular weight excluding hydrogens is 228 g/mol. The van der Waals surface area contributed by atoms with Gasteiger partial charge in [-0.1, -0.05) is 30.3 Å². The van der Waals surface area contributed by atoms with E-state index in [2.05, 4.69) is 0 Å². The van der Waals surface area contributed by atoms with Gasteiger partial charge in [0.05, 0.1) is 12.5 Å². The van der Waals surface area contributed by atoms with Gasteiger partial charge in [-0.15, -0.1) is 0 Å². The number of carboxylic acid groups (broad SMARTS) is 1. The first-order chi connectivity index (χ1) is 8.69. The van der Waals surface area contributed by atoms with E-state index in [0.29, 0.717) is 18.6 Å². The van der Waals surface area contributed by atoms with Gasteiger partial charge in [0.1, 0.15) is 5.75 Å². The molecule has 3 nitrogen and oxygen atoms in total. The number of fused-ring (bicyclic) bond motifs is 1. The van der Waals surface area contributed by atoms with Crippen LogP contribution in [-0.2, 0) is 10.2 Å². The number of hydrogen-bond acceptors (Lipinski definition) is 2. The highest BCUT2D eigenvalue weighted by Crippen LogP contribution is 2.53. The average molecular weight is 242 g/mol. The average Bonchev–Trinajstić information content (AvgIpc) is 3.18. The van der Waals surface area contributed by atoms with E-state index in [4.69, 9.17) is 4.74 Å². The first-order valence-electron chi connectivity index (χ1n) is 5.99. The standard InChI is InChI=1S/C15H14O3/c1-18-12-7-6-10-4-2-3-5-11(10)13(12)15(8-9-15)14(16)17/h2-7H,8-9H2,1H3,(H,16,17). The SMILES string of the molecule is COc1ccc2ccccc2c1C1(C(=O)O)CC1. The van der Waals surface area contributed by atoms with Gasteiger partial charge >= 0.3 is 5.97 Å². The van der Waals surface area contributed by atoms with Crippen LogP contribution in [0.2, 0.25) is 0 Å². The predicted octanol–water partition coefficient (Wildman–Crippen LogP) is 2.96. The number of carboxylic acids is 1. The van der Waals surface area contributed by atoms with E-state index in [-0.39, 0.29) is 0 Å². The van der Waals surface area contributed by atoms with Crippen molar-refractivity contribution in [2.75, 3.05) is 7.11 Å². The summed E-state index contributed by atoms with van der Waals surface area (Å²) in [5.41, 5.74) is 0.0854. The Morgan fingerprint density at radius 1 is 1.22 bits per heavy atom. The van der Waals surface area contributed by atoms with Crippen molar-refractivity contribution < 1.29 is 14.6 Å². The lowest BCUT2D eigenvalue weighted by Gasteiger charge is -2.17. The second-order valence-electron chi connectivity index (χ2n) is 4.75. The number of hydrogen-bond donors (Lipinski definition) is 1. The number of aliphatic carboxylic acids is 1. The summed E-state index contributed by atoms with van der Waals surface area (Å²) < 4.78 is 5.37. The van der Waals surface area contributed by atoms with Gasteiger partial charge in [0.15, 0.2) is 0 Å². The van der Waals surface area contributed by atoms with Crippen molar-refractivity contribution in [2.45, 2.75) is 18.3 Å². The summed E-state index contributed by atoms with van der Waals surface area (Å²) in [6.45, 7) is 0. The molecule has 0 unspecified atom stereocenters. The highest BCUT2D eigenvalue weighted by molar-refractivity contribution is 5.97. The molecule has 0 radical (unpaired) electrons. The van der Waals surface area contributed by atoms with Crippen LogP contribution in [0.15, 0.2) is 36.4 Å². The highest BCUT2D eigenvalue weighted by Gasteiger charge is 2.54. The van der Waals surface area contributed by atoms with Gasteiger partial charge in [-0.2, -0.15) is 0 Å². The third-order valence-electron chi connectivity index (χ3n) is 3.75. The maximum atomic E-state index is 11.5. The van der Waals surface area contributed by atoms with Crippen LogP contribution in [0.4, 0.5) is 0 Å². The number of benzene rings is 2. The molecular formula is C15H14O3. The lowest BCUT2D eigenvalue weighted by Crippen LogP contribution is -2.20. The van der Waals surface area contributed by atoms with Crippen molar-refractivity contribution in [3.8, 4) is 5.75 Å². The Kier molecular flexibility index (Phi) is 2.30. The fraction of sp³-hybridized carbons (Fsp3) is 0.267. The lowest BCUT2D eigenvalue weighted by atomic mass is 9.90. The molecule has 1 saturated carbocycles.